The first-order valence-corrected chi connectivity index (χ1v) is 4.97. The fourth-order valence-electron chi connectivity index (χ4n) is 0.407. The molecule has 0 amide bonds. The molecular formula is C5H14NO5P. The normalized spacial score (nSPS) is 18.7. The van der Waals surface area contributed by atoms with Crippen molar-refractivity contribution in [3.63, 3.8) is 0 Å². The number of aliphatic hydroxyl groups excluding tert-OH is 1. The highest BCUT2D eigenvalue weighted by Crippen LogP contribution is 2.42. The van der Waals surface area contributed by atoms with Gasteiger partial charge in [-0.2, -0.15) is 0 Å². The summed E-state index contributed by atoms with van der Waals surface area (Å²) in [5.74, 6) is 0. The van der Waals surface area contributed by atoms with Gasteiger partial charge in [-0.05, 0) is 6.92 Å². The zero-order chi connectivity index (χ0) is 9.61. The first kappa shape index (κ1) is 12.0. The molecule has 0 aromatic rings. The molecule has 0 saturated carbocycles. The fraction of sp³-hybridized carbons (Fsp3) is 1.00. The monoisotopic (exact) mass is 199 g/mol. The lowest BCUT2D eigenvalue weighted by atomic mass is 10.5. The molecular weight excluding hydrogens is 185 g/mol. The molecule has 2 atom stereocenters. The van der Waals surface area contributed by atoms with E-state index in [0.29, 0.717) is 0 Å². The minimum atomic E-state index is -4.00. The highest BCUT2D eigenvalue weighted by atomic mass is 31.2. The average Bonchev–Trinajstić information content (AvgIpc) is 1.98. The van der Waals surface area contributed by atoms with E-state index in [1.165, 1.54) is 6.92 Å². The van der Waals surface area contributed by atoms with Crippen LogP contribution in [0.3, 0.4) is 0 Å². The number of rotatable bonds is 6. The number of phosphoric acid groups is 1. The topological polar surface area (TPSA) is 102 Å². The third kappa shape index (κ3) is 6.72. The molecule has 0 aliphatic carbocycles. The van der Waals surface area contributed by atoms with Crippen molar-refractivity contribution in [2.75, 3.05) is 19.8 Å². The molecule has 4 N–H and O–H groups in total. The van der Waals surface area contributed by atoms with Crippen LogP contribution in [0.2, 0.25) is 0 Å². The number of phosphoric ester groups is 1. The minimum Gasteiger partial charge on any atom is -0.391 e. The van der Waals surface area contributed by atoms with Crippen LogP contribution < -0.4 is 5.73 Å². The summed E-state index contributed by atoms with van der Waals surface area (Å²) in [5, 5.41) is 8.70. The van der Waals surface area contributed by atoms with Gasteiger partial charge >= 0.3 is 7.82 Å². The summed E-state index contributed by atoms with van der Waals surface area (Å²) in [6.07, 6.45) is -0.799. The van der Waals surface area contributed by atoms with Crippen LogP contribution in [0.25, 0.3) is 0 Å². The van der Waals surface area contributed by atoms with E-state index >= 15 is 0 Å². The van der Waals surface area contributed by atoms with Crippen molar-refractivity contribution in [3.05, 3.63) is 0 Å². The Hall–Kier alpha value is 0.0300. The van der Waals surface area contributed by atoms with Crippen molar-refractivity contribution >= 4 is 7.82 Å². The predicted octanol–water partition coefficient (Wildman–Crippen LogP) is -0.541. The maximum absolute atomic E-state index is 10.8. The van der Waals surface area contributed by atoms with E-state index in [0.717, 1.165) is 0 Å². The van der Waals surface area contributed by atoms with Gasteiger partial charge in [0, 0.05) is 6.54 Å². The lowest BCUT2D eigenvalue weighted by molar-refractivity contribution is 0.0840. The molecule has 0 heterocycles. The fourth-order valence-corrected chi connectivity index (χ4v) is 1.22. The van der Waals surface area contributed by atoms with Crippen molar-refractivity contribution in [3.8, 4) is 0 Å². The summed E-state index contributed by atoms with van der Waals surface area (Å²) >= 11 is 0. The second-order valence-corrected chi connectivity index (χ2v) is 3.69. The molecule has 0 aliphatic heterocycles. The van der Waals surface area contributed by atoms with Gasteiger partial charge in [0.25, 0.3) is 0 Å². The summed E-state index contributed by atoms with van der Waals surface area (Å²) in [4.78, 5) is 8.84. The molecule has 6 nitrogen and oxygen atoms in total. The third-order valence-electron chi connectivity index (χ3n) is 0.851. The zero-order valence-corrected chi connectivity index (χ0v) is 7.74. The SMILES string of the molecule is C[C@@H](O)COP(=O)(O)OCCN. The van der Waals surface area contributed by atoms with Gasteiger partial charge in [-0.3, -0.25) is 9.05 Å². The van der Waals surface area contributed by atoms with Crippen molar-refractivity contribution in [1.82, 2.24) is 0 Å². The van der Waals surface area contributed by atoms with Gasteiger partial charge in [0.1, 0.15) is 0 Å². The lowest BCUT2D eigenvalue weighted by Gasteiger charge is -2.12. The van der Waals surface area contributed by atoms with Crippen LogP contribution in [0.1, 0.15) is 6.92 Å². The standard InChI is InChI=1S/C5H14NO5P/c1-5(7)4-11-12(8,9)10-3-2-6/h5,7H,2-4,6H2,1H3,(H,8,9)/t5-/m1/s1. The molecule has 0 saturated heterocycles. The van der Waals surface area contributed by atoms with E-state index in [1.807, 2.05) is 0 Å². The molecule has 0 aliphatic rings. The Labute approximate surface area is 70.9 Å². The molecule has 12 heavy (non-hydrogen) atoms. The maximum atomic E-state index is 10.8. The van der Waals surface area contributed by atoms with E-state index in [2.05, 4.69) is 9.05 Å². The highest BCUT2D eigenvalue weighted by molar-refractivity contribution is 7.47. The van der Waals surface area contributed by atoms with Gasteiger partial charge in [-0.15, -0.1) is 0 Å². The number of aliphatic hydroxyl groups is 1. The molecule has 0 radical (unpaired) electrons. The lowest BCUT2D eigenvalue weighted by Crippen LogP contribution is -2.12. The molecule has 0 rings (SSSR count). The molecule has 7 heteroatoms. The minimum absolute atomic E-state index is 0.0480. The van der Waals surface area contributed by atoms with Crippen molar-refractivity contribution in [1.29, 1.82) is 0 Å². The van der Waals surface area contributed by atoms with Crippen LogP contribution in [0.5, 0.6) is 0 Å². The largest absolute Gasteiger partial charge is 0.472 e. The summed E-state index contributed by atoms with van der Waals surface area (Å²) in [6, 6.07) is 0. The Morgan fingerprint density at radius 1 is 1.58 bits per heavy atom. The summed E-state index contributed by atoms with van der Waals surface area (Å²) in [5.41, 5.74) is 5.03. The Balaban J connectivity index is 3.64. The first-order valence-electron chi connectivity index (χ1n) is 3.48. The average molecular weight is 199 g/mol. The second-order valence-electron chi connectivity index (χ2n) is 2.24. The Morgan fingerprint density at radius 3 is 2.58 bits per heavy atom. The van der Waals surface area contributed by atoms with E-state index in [9.17, 15) is 4.57 Å². The van der Waals surface area contributed by atoms with Gasteiger partial charge in [0.05, 0.1) is 19.3 Å². The van der Waals surface area contributed by atoms with E-state index in [-0.39, 0.29) is 19.8 Å². The Morgan fingerprint density at radius 2 is 2.17 bits per heavy atom. The van der Waals surface area contributed by atoms with Crippen LogP contribution in [-0.2, 0) is 13.6 Å². The zero-order valence-electron chi connectivity index (χ0n) is 6.84. The Kier molecular flexibility index (Phi) is 5.65. The van der Waals surface area contributed by atoms with Gasteiger partial charge in [-0.25, -0.2) is 4.57 Å². The first-order chi connectivity index (χ1) is 5.48. The number of hydrogen-bond acceptors (Lipinski definition) is 5. The molecule has 1 unspecified atom stereocenters. The molecule has 74 valence electrons. The van der Waals surface area contributed by atoms with Crippen LogP contribution in [0, 0.1) is 0 Å². The summed E-state index contributed by atoms with van der Waals surface area (Å²) in [7, 11) is -4.00. The molecule has 0 aromatic carbocycles. The Bertz CT molecular complexity index is 162. The smallest absolute Gasteiger partial charge is 0.391 e. The predicted molar refractivity (Wildman–Crippen MR) is 42.5 cm³/mol. The molecule has 0 fully saturated rings. The van der Waals surface area contributed by atoms with Crippen molar-refractivity contribution in [2.24, 2.45) is 5.73 Å². The van der Waals surface area contributed by atoms with Crippen molar-refractivity contribution in [2.45, 2.75) is 13.0 Å². The second kappa shape index (κ2) is 5.64. The van der Waals surface area contributed by atoms with Gasteiger partial charge in [-0.1, -0.05) is 0 Å². The van der Waals surface area contributed by atoms with Crippen LogP contribution >= 0.6 is 7.82 Å². The summed E-state index contributed by atoms with van der Waals surface area (Å²) < 4.78 is 19.6. The van der Waals surface area contributed by atoms with E-state index < -0.39 is 13.9 Å². The van der Waals surface area contributed by atoms with Crippen LogP contribution in [0.4, 0.5) is 0 Å². The third-order valence-corrected chi connectivity index (χ3v) is 1.84. The maximum Gasteiger partial charge on any atom is 0.472 e. The molecule has 0 spiro atoms. The van der Waals surface area contributed by atoms with Crippen molar-refractivity contribution < 1.29 is 23.6 Å². The van der Waals surface area contributed by atoms with Crippen LogP contribution in [-0.4, -0.2) is 35.9 Å². The molecule has 0 bridgehead atoms. The van der Waals surface area contributed by atoms with E-state index in [4.69, 9.17) is 15.7 Å². The molecule has 0 aromatic heterocycles. The number of nitrogens with two attached hydrogens (primary N) is 1. The number of hydrogen-bond donors (Lipinski definition) is 3. The highest BCUT2D eigenvalue weighted by Gasteiger charge is 2.20. The van der Waals surface area contributed by atoms with Gasteiger partial charge < -0.3 is 15.7 Å². The van der Waals surface area contributed by atoms with Gasteiger partial charge in [0.2, 0.25) is 0 Å². The van der Waals surface area contributed by atoms with E-state index in [1.54, 1.807) is 0 Å². The van der Waals surface area contributed by atoms with Gasteiger partial charge in [0.15, 0.2) is 0 Å². The van der Waals surface area contributed by atoms with Crippen LogP contribution in [0.15, 0.2) is 0 Å². The quantitative estimate of drug-likeness (QED) is 0.496. The summed E-state index contributed by atoms with van der Waals surface area (Å²) in [6.45, 7) is 1.29.